The van der Waals surface area contributed by atoms with Crippen molar-refractivity contribution in [2.24, 2.45) is 4.99 Å². The van der Waals surface area contributed by atoms with Crippen molar-refractivity contribution < 1.29 is 8.42 Å². The average Bonchev–Trinajstić information content (AvgIpc) is 3.07. The van der Waals surface area contributed by atoms with Gasteiger partial charge >= 0.3 is 0 Å². The summed E-state index contributed by atoms with van der Waals surface area (Å²) in [6.07, 6.45) is 1.45. The lowest BCUT2D eigenvalue weighted by atomic mass is 10.2. The van der Waals surface area contributed by atoms with Crippen LogP contribution in [0.15, 0.2) is 87.5 Å². The molecule has 10 heteroatoms. The Morgan fingerprint density at radius 3 is 2.33 bits per heavy atom. The molecule has 0 spiro atoms. The summed E-state index contributed by atoms with van der Waals surface area (Å²) < 4.78 is 29.1. The second kappa shape index (κ2) is 9.27. The lowest BCUT2D eigenvalue weighted by Gasteiger charge is -2.08. The third-order valence-corrected chi connectivity index (χ3v) is 6.65. The largest absolute Gasteiger partial charge is 0.295 e. The molecule has 1 aromatic heterocycles. The number of rotatable bonds is 6. The Bertz CT molecular complexity index is 1490. The van der Waals surface area contributed by atoms with Crippen molar-refractivity contribution in [2.45, 2.75) is 11.8 Å². The molecule has 0 aliphatic rings. The first kappa shape index (κ1) is 22.8. The highest BCUT2D eigenvalue weighted by molar-refractivity contribution is 7.92. The van der Waals surface area contributed by atoms with Gasteiger partial charge in [-0.2, -0.15) is 0 Å². The van der Waals surface area contributed by atoms with E-state index in [1.165, 1.54) is 23.0 Å². The Labute approximate surface area is 200 Å². The minimum absolute atomic E-state index is 0.0811. The molecule has 0 saturated carbocycles. The van der Waals surface area contributed by atoms with Crippen LogP contribution in [0.5, 0.6) is 0 Å². The number of aromatic nitrogens is 2. The lowest BCUT2D eigenvalue weighted by molar-refractivity contribution is 0.601. The van der Waals surface area contributed by atoms with Crippen LogP contribution in [0.4, 0.5) is 11.4 Å². The van der Waals surface area contributed by atoms with Crippen molar-refractivity contribution in [2.75, 3.05) is 4.72 Å². The number of aryl methyl sites for hydroxylation is 1. The first-order chi connectivity index (χ1) is 15.7. The number of aromatic amines is 1. The summed E-state index contributed by atoms with van der Waals surface area (Å²) in [5.41, 5.74) is 2.25. The van der Waals surface area contributed by atoms with Crippen LogP contribution < -0.4 is 10.3 Å². The first-order valence-electron chi connectivity index (χ1n) is 9.73. The zero-order valence-electron chi connectivity index (χ0n) is 17.3. The fourth-order valence-electron chi connectivity index (χ4n) is 3.09. The van der Waals surface area contributed by atoms with Gasteiger partial charge in [-0.1, -0.05) is 29.3 Å². The zero-order valence-corrected chi connectivity index (χ0v) is 19.6. The molecule has 0 fully saturated rings. The molecule has 0 unspecified atom stereocenters. The summed E-state index contributed by atoms with van der Waals surface area (Å²) >= 11 is 11.9. The zero-order chi connectivity index (χ0) is 23.6. The SMILES string of the molecule is Cc1[nH]n(-c2cccc(Cl)c2)c(=O)c1C=Nc1ccc(S(=O)(=O)Nc2ccc(Cl)cc2)cc1. The van der Waals surface area contributed by atoms with E-state index in [9.17, 15) is 13.2 Å². The van der Waals surface area contributed by atoms with Gasteiger partial charge < -0.3 is 0 Å². The Kier molecular flexibility index (Phi) is 6.42. The van der Waals surface area contributed by atoms with Crippen LogP contribution in [0.2, 0.25) is 10.0 Å². The second-order valence-electron chi connectivity index (χ2n) is 7.14. The van der Waals surface area contributed by atoms with E-state index in [2.05, 4.69) is 14.8 Å². The van der Waals surface area contributed by atoms with Gasteiger partial charge in [-0.25, -0.2) is 13.1 Å². The molecule has 0 aliphatic heterocycles. The van der Waals surface area contributed by atoms with Gasteiger partial charge in [0.2, 0.25) is 0 Å². The highest BCUT2D eigenvalue weighted by Gasteiger charge is 2.14. The van der Waals surface area contributed by atoms with Crippen LogP contribution in [-0.2, 0) is 10.0 Å². The topological polar surface area (TPSA) is 96.3 Å². The predicted molar refractivity (Wildman–Crippen MR) is 132 cm³/mol. The number of hydrogen-bond donors (Lipinski definition) is 2. The average molecular weight is 501 g/mol. The van der Waals surface area contributed by atoms with Crippen LogP contribution >= 0.6 is 23.2 Å². The number of hydrogen-bond acceptors (Lipinski definition) is 4. The van der Waals surface area contributed by atoms with E-state index in [0.29, 0.717) is 38.4 Å². The summed E-state index contributed by atoms with van der Waals surface area (Å²) in [6.45, 7) is 1.77. The van der Waals surface area contributed by atoms with Gasteiger partial charge in [0, 0.05) is 27.6 Å². The first-order valence-corrected chi connectivity index (χ1v) is 12.0. The number of nitrogens with one attached hydrogen (secondary N) is 2. The van der Waals surface area contributed by atoms with Crippen molar-refractivity contribution in [3.05, 3.63) is 104 Å². The summed E-state index contributed by atoms with van der Waals surface area (Å²) in [5.74, 6) is 0. The van der Waals surface area contributed by atoms with E-state index in [-0.39, 0.29) is 10.5 Å². The molecule has 1 heterocycles. The van der Waals surface area contributed by atoms with Crippen molar-refractivity contribution in [3.8, 4) is 5.69 Å². The predicted octanol–water partition coefficient (Wildman–Crippen LogP) is 5.33. The minimum atomic E-state index is -3.77. The molecular formula is C23H18Cl2N4O3S. The summed E-state index contributed by atoms with van der Waals surface area (Å²) in [7, 11) is -3.77. The number of nitrogens with zero attached hydrogens (tertiary/aromatic N) is 2. The van der Waals surface area contributed by atoms with Crippen molar-refractivity contribution in [3.63, 3.8) is 0 Å². The van der Waals surface area contributed by atoms with E-state index in [1.807, 2.05) is 0 Å². The van der Waals surface area contributed by atoms with E-state index in [4.69, 9.17) is 23.2 Å². The number of anilines is 1. The van der Waals surface area contributed by atoms with Crippen LogP contribution in [0, 0.1) is 6.92 Å². The van der Waals surface area contributed by atoms with Crippen LogP contribution in [0.25, 0.3) is 5.69 Å². The fourth-order valence-corrected chi connectivity index (χ4v) is 4.46. The molecule has 0 atom stereocenters. The van der Waals surface area contributed by atoms with Crippen LogP contribution in [-0.4, -0.2) is 24.4 Å². The highest BCUT2D eigenvalue weighted by Crippen LogP contribution is 2.21. The van der Waals surface area contributed by atoms with E-state index in [0.717, 1.165) is 0 Å². The number of benzene rings is 3. The Morgan fingerprint density at radius 1 is 0.970 bits per heavy atom. The van der Waals surface area contributed by atoms with Gasteiger partial charge in [0.15, 0.2) is 0 Å². The van der Waals surface area contributed by atoms with Gasteiger partial charge in [-0.3, -0.25) is 19.6 Å². The smallest absolute Gasteiger partial charge is 0.280 e. The minimum Gasteiger partial charge on any atom is -0.295 e. The van der Waals surface area contributed by atoms with Crippen molar-refractivity contribution in [1.82, 2.24) is 9.78 Å². The van der Waals surface area contributed by atoms with Gasteiger partial charge in [-0.05, 0) is 73.7 Å². The molecule has 0 aliphatic carbocycles. The van der Waals surface area contributed by atoms with Gasteiger partial charge in [0.1, 0.15) is 0 Å². The third kappa shape index (κ3) is 5.19. The number of halogens is 2. The maximum Gasteiger partial charge on any atom is 0.280 e. The van der Waals surface area contributed by atoms with Crippen LogP contribution in [0.3, 0.4) is 0 Å². The van der Waals surface area contributed by atoms with Crippen molar-refractivity contribution >= 4 is 50.8 Å². The van der Waals surface area contributed by atoms with Gasteiger partial charge in [0.25, 0.3) is 15.6 Å². The molecule has 0 bridgehead atoms. The molecule has 0 radical (unpaired) electrons. The molecule has 2 N–H and O–H groups in total. The summed E-state index contributed by atoms with van der Waals surface area (Å²) in [5, 5.41) is 4.03. The summed E-state index contributed by atoms with van der Waals surface area (Å²) in [4.78, 5) is 17.2. The molecule has 0 saturated heterocycles. The normalized spacial score (nSPS) is 11.7. The Morgan fingerprint density at radius 2 is 1.67 bits per heavy atom. The Hall–Kier alpha value is -3.33. The lowest BCUT2D eigenvalue weighted by Crippen LogP contribution is -2.17. The number of sulfonamides is 1. The third-order valence-electron chi connectivity index (χ3n) is 4.77. The van der Waals surface area contributed by atoms with Crippen molar-refractivity contribution in [1.29, 1.82) is 0 Å². The molecule has 3 aromatic carbocycles. The van der Waals surface area contributed by atoms with E-state index >= 15 is 0 Å². The Balaban J connectivity index is 1.54. The molecule has 7 nitrogen and oxygen atoms in total. The second-order valence-corrected chi connectivity index (χ2v) is 9.69. The highest BCUT2D eigenvalue weighted by atomic mass is 35.5. The number of H-pyrrole nitrogens is 1. The molecule has 33 heavy (non-hydrogen) atoms. The van der Waals surface area contributed by atoms with Crippen LogP contribution in [0.1, 0.15) is 11.3 Å². The van der Waals surface area contributed by atoms with Gasteiger partial charge in [0.05, 0.1) is 21.8 Å². The standard InChI is InChI=1S/C23H18Cl2N4O3S/c1-15-22(23(30)29(27-15)20-4-2-3-17(25)13-20)14-26-18-9-11-21(12-10-18)33(31,32)28-19-7-5-16(24)6-8-19/h2-14,27-28H,1H3. The van der Waals surface area contributed by atoms with E-state index in [1.54, 1.807) is 67.6 Å². The molecule has 168 valence electrons. The molecular weight excluding hydrogens is 483 g/mol. The maximum atomic E-state index is 12.8. The van der Waals surface area contributed by atoms with Gasteiger partial charge in [-0.15, -0.1) is 0 Å². The maximum absolute atomic E-state index is 12.8. The molecule has 4 rings (SSSR count). The monoisotopic (exact) mass is 500 g/mol. The van der Waals surface area contributed by atoms with E-state index < -0.39 is 10.0 Å². The quantitative estimate of drug-likeness (QED) is 0.350. The number of aliphatic imine (C=N–C) groups is 1. The summed E-state index contributed by atoms with van der Waals surface area (Å²) in [6, 6.07) is 19.3. The molecule has 4 aromatic rings. The fraction of sp³-hybridized carbons (Fsp3) is 0.0435. The molecule has 0 amide bonds.